The average Bonchev–Trinajstić information content (AvgIpc) is 3.07. The van der Waals surface area contributed by atoms with Gasteiger partial charge in [0.05, 0.1) is 0 Å². The molecular weight excluding hydrogens is 344 g/mol. The Balaban J connectivity index is 1.58. The second kappa shape index (κ2) is 7.98. The van der Waals surface area contributed by atoms with Crippen molar-refractivity contribution in [2.75, 3.05) is 31.1 Å². The van der Waals surface area contributed by atoms with E-state index in [-0.39, 0.29) is 29.8 Å². The van der Waals surface area contributed by atoms with Crippen LogP contribution in [0.15, 0.2) is 18.2 Å². The van der Waals surface area contributed by atoms with Crippen LogP contribution in [0.25, 0.3) is 0 Å². The average molecular weight is 372 g/mol. The first-order valence-corrected chi connectivity index (χ1v) is 9.62. The van der Waals surface area contributed by atoms with E-state index in [2.05, 4.69) is 10.6 Å². The summed E-state index contributed by atoms with van der Waals surface area (Å²) in [5.74, 6) is 0.0800. The molecule has 4 amide bonds. The van der Waals surface area contributed by atoms with Crippen LogP contribution < -0.4 is 15.5 Å². The Morgan fingerprint density at radius 1 is 1.19 bits per heavy atom. The third kappa shape index (κ3) is 4.23. The van der Waals surface area contributed by atoms with Gasteiger partial charge in [-0.15, -0.1) is 0 Å². The number of carbonyl (C=O) groups is 3. The van der Waals surface area contributed by atoms with Gasteiger partial charge in [0.15, 0.2) is 0 Å². The monoisotopic (exact) mass is 372 g/mol. The third-order valence-corrected chi connectivity index (χ3v) is 5.24. The fourth-order valence-electron chi connectivity index (χ4n) is 3.68. The van der Waals surface area contributed by atoms with Gasteiger partial charge < -0.3 is 15.5 Å². The molecule has 0 aromatic heterocycles. The number of nitrogens with one attached hydrogen (secondary N) is 2. The van der Waals surface area contributed by atoms with Crippen LogP contribution >= 0.6 is 0 Å². The first-order valence-electron chi connectivity index (χ1n) is 9.62. The SMILES string of the molecule is Cc1cc(C(=O)NC2CCN(C(=O)C(C)C)CC2)ccc1N1CCNC1=O. The zero-order valence-corrected chi connectivity index (χ0v) is 16.2. The molecular formula is C20H28N4O3. The zero-order chi connectivity index (χ0) is 19.6. The molecule has 7 heteroatoms. The Kier molecular flexibility index (Phi) is 5.68. The van der Waals surface area contributed by atoms with Crippen molar-refractivity contribution in [1.82, 2.24) is 15.5 Å². The number of amides is 4. The highest BCUT2D eigenvalue weighted by molar-refractivity contribution is 5.98. The van der Waals surface area contributed by atoms with Gasteiger partial charge in [0.25, 0.3) is 5.91 Å². The molecule has 0 radical (unpaired) electrons. The largest absolute Gasteiger partial charge is 0.349 e. The first kappa shape index (κ1) is 19.2. The van der Waals surface area contributed by atoms with Crippen LogP contribution in [0.5, 0.6) is 0 Å². The lowest BCUT2D eigenvalue weighted by Gasteiger charge is -2.33. The van der Waals surface area contributed by atoms with Crippen molar-refractivity contribution in [1.29, 1.82) is 0 Å². The second-order valence-electron chi connectivity index (χ2n) is 7.61. The highest BCUT2D eigenvalue weighted by Crippen LogP contribution is 2.23. The molecule has 2 N–H and O–H groups in total. The lowest BCUT2D eigenvalue weighted by Crippen LogP contribution is -2.47. The molecule has 0 unspecified atom stereocenters. The fourth-order valence-corrected chi connectivity index (χ4v) is 3.68. The zero-order valence-electron chi connectivity index (χ0n) is 16.2. The number of carbonyl (C=O) groups excluding carboxylic acids is 3. The van der Waals surface area contributed by atoms with Crippen LogP contribution in [0.1, 0.15) is 42.6 Å². The number of rotatable bonds is 4. The predicted octanol–water partition coefficient (Wildman–Crippen LogP) is 1.90. The summed E-state index contributed by atoms with van der Waals surface area (Å²) in [6.07, 6.45) is 1.55. The van der Waals surface area contributed by atoms with Crippen molar-refractivity contribution in [3.63, 3.8) is 0 Å². The first-order chi connectivity index (χ1) is 12.9. The van der Waals surface area contributed by atoms with Gasteiger partial charge in [-0.2, -0.15) is 0 Å². The highest BCUT2D eigenvalue weighted by atomic mass is 16.2. The quantitative estimate of drug-likeness (QED) is 0.847. The van der Waals surface area contributed by atoms with E-state index in [0.717, 1.165) is 24.1 Å². The minimum absolute atomic E-state index is 0.00956. The molecule has 7 nitrogen and oxygen atoms in total. The number of benzene rings is 1. The normalized spacial score (nSPS) is 18.0. The fraction of sp³-hybridized carbons (Fsp3) is 0.550. The van der Waals surface area contributed by atoms with Crippen molar-refractivity contribution in [2.24, 2.45) is 5.92 Å². The maximum Gasteiger partial charge on any atom is 0.322 e. The molecule has 3 rings (SSSR count). The van der Waals surface area contributed by atoms with Crippen molar-refractivity contribution < 1.29 is 14.4 Å². The maximum absolute atomic E-state index is 12.6. The molecule has 0 atom stereocenters. The standard InChI is InChI=1S/C20H28N4O3/c1-13(2)19(26)23-9-6-16(7-10-23)22-18(25)15-4-5-17(14(3)12-15)24-11-8-21-20(24)27/h4-5,12-13,16H,6-11H2,1-3H3,(H,21,27)(H,22,25). The summed E-state index contributed by atoms with van der Waals surface area (Å²) < 4.78 is 0. The Morgan fingerprint density at radius 3 is 2.44 bits per heavy atom. The summed E-state index contributed by atoms with van der Waals surface area (Å²) >= 11 is 0. The Labute approximate surface area is 160 Å². The van der Waals surface area contributed by atoms with Gasteiger partial charge in [0.2, 0.25) is 5.91 Å². The molecule has 0 spiro atoms. The molecule has 27 heavy (non-hydrogen) atoms. The summed E-state index contributed by atoms with van der Waals surface area (Å²) in [6, 6.07) is 5.41. The lowest BCUT2D eigenvalue weighted by molar-refractivity contribution is -0.135. The minimum Gasteiger partial charge on any atom is -0.349 e. The van der Waals surface area contributed by atoms with Gasteiger partial charge >= 0.3 is 6.03 Å². The van der Waals surface area contributed by atoms with Gasteiger partial charge in [-0.05, 0) is 43.5 Å². The summed E-state index contributed by atoms with van der Waals surface area (Å²) in [5, 5.41) is 5.86. The molecule has 0 bridgehead atoms. The molecule has 0 aliphatic carbocycles. The van der Waals surface area contributed by atoms with E-state index in [4.69, 9.17) is 0 Å². The number of likely N-dealkylation sites (tertiary alicyclic amines) is 1. The van der Waals surface area contributed by atoms with Gasteiger partial charge in [-0.1, -0.05) is 13.8 Å². The summed E-state index contributed by atoms with van der Waals surface area (Å²) in [4.78, 5) is 40.1. The van der Waals surface area contributed by atoms with E-state index in [0.29, 0.717) is 31.7 Å². The number of anilines is 1. The predicted molar refractivity (Wildman–Crippen MR) is 104 cm³/mol. The summed E-state index contributed by atoms with van der Waals surface area (Å²) in [6.45, 7) is 8.38. The molecule has 1 aromatic rings. The third-order valence-electron chi connectivity index (χ3n) is 5.24. The topological polar surface area (TPSA) is 81.8 Å². The highest BCUT2D eigenvalue weighted by Gasteiger charge is 2.26. The molecule has 1 aromatic carbocycles. The van der Waals surface area contributed by atoms with Crippen LogP contribution in [0, 0.1) is 12.8 Å². The van der Waals surface area contributed by atoms with Gasteiger partial charge in [-0.3, -0.25) is 14.5 Å². The van der Waals surface area contributed by atoms with Crippen LogP contribution in [0.3, 0.4) is 0 Å². The molecule has 146 valence electrons. The lowest BCUT2D eigenvalue weighted by atomic mass is 10.0. The number of hydrogen-bond donors (Lipinski definition) is 2. The van der Waals surface area contributed by atoms with Crippen molar-refractivity contribution in [2.45, 2.75) is 39.7 Å². The van der Waals surface area contributed by atoms with Gasteiger partial charge in [-0.25, -0.2) is 4.79 Å². The number of aryl methyl sites for hydroxylation is 1. The Morgan fingerprint density at radius 2 is 1.89 bits per heavy atom. The van der Waals surface area contributed by atoms with Crippen molar-refractivity contribution in [3.05, 3.63) is 29.3 Å². The van der Waals surface area contributed by atoms with Crippen LogP contribution in [0.2, 0.25) is 0 Å². The molecule has 2 heterocycles. The van der Waals surface area contributed by atoms with Crippen molar-refractivity contribution in [3.8, 4) is 0 Å². The summed E-state index contributed by atoms with van der Waals surface area (Å²) in [5.41, 5.74) is 2.33. The molecule has 2 aliphatic heterocycles. The van der Waals surface area contributed by atoms with Crippen LogP contribution in [-0.2, 0) is 4.79 Å². The van der Waals surface area contributed by atoms with Crippen molar-refractivity contribution >= 4 is 23.5 Å². The number of nitrogens with zero attached hydrogens (tertiary/aromatic N) is 2. The van der Waals surface area contributed by atoms with Crippen LogP contribution in [0.4, 0.5) is 10.5 Å². The molecule has 2 fully saturated rings. The Hall–Kier alpha value is -2.57. The number of urea groups is 1. The van der Waals surface area contributed by atoms with E-state index in [1.165, 1.54) is 0 Å². The molecule has 2 aliphatic rings. The molecule has 2 saturated heterocycles. The smallest absolute Gasteiger partial charge is 0.322 e. The summed E-state index contributed by atoms with van der Waals surface area (Å²) in [7, 11) is 0. The minimum atomic E-state index is -0.107. The molecule has 0 saturated carbocycles. The Bertz CT molecular complexity index is 739. The van der Waals surface area contributed by atoms with E-state index >= 15 is 0 Å². The van der Waals surface area contributed by atoms with E-state index in [1.54, 1.807) is 11.0 Å². The second-order valence-corrected chi connectivity index (χ2v) is 7.61. The van der Waals surface area contributed by atoms with Gasteiger partial charge in [0, 0.05) is 49.4 Å². The number of hydrogen-bond acceptors (Lipinski definition) is 3. The number of piperidine rings is 1. The van der Waals surface area contributed by atoms with Crippen LogP contribution in [-0.4, -0.2) is 55.0 Å². The van der Waals surface area contributed by atoms with Gasteiger partial charge in [0.1, 0.15) is 0 Å². The van der Waals surface area contributed by atoms with E-state index < -0.39 is 0 Å². The van der Waals surface area contributed by atoms with E-state index in [1.807, 2.05) is 37.8 Å². The maximum atomic E-state index is 12.6. The van der Waals surface area contributed by atoms with E-state index in [9.17, 15) is 14.4 Å².